The Hall–Kier alpha value is -1.55. The molecule has 4 heteroatoms. The summed E-state index contributed by atoms with van der Waals surface area (Å²) in [6, 6.07) is 12.0. The van der Waals surface area contributed by atoms with Gasteiger partial charge in [0.1, 0.15) is 5.75 Å². The van der Waals surface area contributed by atoms with Gasteiger partial charge in [-0.2, -0.15) is 0 Å². The number of carbonyl (C=O) groups is 1. The molecule has 0 saturated heterocycles. The monoisotopic (exact) mass is 321 g/mol. The number of halogens is 1. The maximum atomic E-state index is 11.5. The van der Waals surface area contributed by atoms with E-state index in [0.717, 1.165) is 21.0 Å². The number of rotatable bonds is 4. The largest absolute Gasteiger partial charge is 0.492 e. The molecule has 2 aromatic rings. The van der Waals surface area contributed by atoms with Gasteiger partial charge in [0.2, 0.25) is 5.91 Å². The average molecular weight is 322 g/mol. The Balaban J connectivity index is 2.09. The van der Waals surface area contributed by atoms with Crippen LogP contribution in [-0.2, 0) is 4.79 Å². The molecule has 2 rings (SSSR count). The first-order valence-corrected chi connectivity index (χ1v) is 6.89. The standard InChI is InChI=1S/C15H16BrNO2/c1-17(2)14(18)9-10-19-13-8-7-11-5-3-4-6-12(11)15(13)16/h3-8H,9-10H2,1-2H3. The Morgan fingerprint density at radius 3 is 2.68 bits per heavy atom. The summed E-state index contributed by atoms with van der Waals surface area (Å²) in [4.78, 5) is 13.0. The summed E-state index contributed by atoms with van der Waals surface area (Å²) in [6.07, 6.45) is 0.381. The number of amides is 1. The molecule has 3 nitrogen and oxygen atoms in total. The summed E-state index contributed by atoms with van der Waals surface area (Å²) in [5.74, 6) is 0.835. The smallest absolute Gasteiger partial charge is 0.225 e. The summed E-state index contributed by atoms with van der Waals surface area (Å²) < 4.78 is 6.60. The van der Waals surface area contributed by atoms with E-state index in [2.05, 4.69) is 22.0 Å². The molecule has 0 aromatic heterocycles. The Morgan fingerprint density at radius 1 is 1.21 bits per heavy atom. The molecule has 0 saturated carbocycles. The van der Waals surface area contributed by atoms with E-state index in [1.807, 2.05) is 30.3 Å². The van der Waals surface area contributed by atoms with Gasteiger partial charge in [0.05, 0.1) is 17.5 Å². The van der Waals surface area contributed by atoms with Gasteiger partial charge in [-0.05, 0) is 32.8 Å². The van der Waals surface area contributed by atoms with Crippen LogP contribution in [-0.4, -0.2) is 31.5 Å². The van der Waals surface area contributed by atoms with Crippen molar-refractivity contribution in [3.63, 3.8) is 0 Å². The average Bonchev–Trinajstić information content (AvgIpc) is 2.41. The van der Waals surface area contributed by atoms with E-state index in [9.17, 15) is 4.79 Å². The summed E-state index contributed by atoms with van der Waals surface area (Å²) in [5, 5.41) is 2.27. The molecule has 0 unspecified atom stereocenters. The van der Waals surface area contributed by atoms with Crippen LogP contribution in [0.1, 0.15) is 6.42 Å². The van der Waals surface area contributed by atoms with E-state index < -0.39 is 0 Å². The number of hydrogen-bond acceptors (Lipinski definition) is 2. The predicted octanol–water partition coefficient (Wildman–Crippen LogP) is 3.46. The second-order valence-electron chi connectivity index (χ2n) is 4.49. The molecule has 0 radical (unpaired) electrons. The van der Waals surface area contributed by atoms with Crippen LogP contribution in [0.15, 0.2) is 40.9 Å². The lowest BCUT2D eigenvalue weighted by molar-refractivity contribution is -0.129. The summed E-state index contributed by atoms with van der Waals surface area (Å²) in [7, 11) is 3.49. The van der Waals surface area contributed by atoms with Crippen molar-refractivity contribution in [3.05, 3.63) is 40.9 Å². The van der Waals surface area contributed by atoms with Crippen LogP contribution in [0.5, 0.6) is 5.75 Å². The fourth-order valence-corrected chi connectivity index (χ4v) is 2.40. The van der Waals surface area contributed by atoms with Crippen molar-refractivity contribution in [2.75, 3.05) is 20.7 Å². The SMILES string of the molecule is CN(C)C(=O)CCOc1ccc2ccccc2c1Br. The van der Waals surface area contributed by atoms with Crippen LogP contribution in [0.2, 0.25) is 0 Å². The minimum Gasteiger partial charge on any atom is -0.492 e. The van der Waals surface area contributed by atoms with Crippen molar-refractivity contribution in [1.29, 1.82) is 0 Å². The molecule has 2 aromatic carbocycles. The fourth-order valence-electron chi connectivity index (χ4n) is 1.80. The fraction of sp³-hybridized carbons (Fsp3) is 0.267. The van der Waals surface area contributed by atoms with Gasteiger partial charge < -0.3 is 9.64 Å². The molecule has 19 heavy (non-hydrogen) atoms. The molecule has 0 bridgehead atoms. The zero-order chi connectivity index (χ0) is 13.8. The predicted molar refractivity (Wildman–Crippen MR) is 80.5 cm³/mol. The van der Waals surface area contributed by atoms with Crippen LogP contribution in [0.4, 0.5) is 0 Å². The van der Waals surface area contributed by atoms with Crippen molar-refractivity contribution in [3.8, 4) is 5.75 Å². The third kappa shape index (κ3) is 3.26. The molecule has 0 spiro atoms. The van der Waals surface area contributed by atoms with Crippen LogP contribution >= 0.6 is 15.9 Å². The molecule has 0 aliphatic rings. The number of fused-ring (bicyclic) bond motifs is 1. The van der Waals surface area contributed by atoms with Gasteiger partial charge in [0.15, 0.2) is 0 Å². The topological polar surface area (TPSA) is 29.5 Å². The zero-order valence-electron chi connectivity index (χ0n) is 11.0. The van der Waals surface area contributed by atoms with E-state index >= 15 is 0 Å². The lowest BCUT2D eigenvalue weighted by Gasteiger charge is -2.12. The summed E-state index contributed by atoms with van der Waals surface area (Å²) in [6.45, 7) is 0.383. The van der Waals surface area contributed by atoms with Crippen LogP contribution < -0.4 is 4.74 Å². The molecular weight excluding hydrogens is 306 g/mol. The van der Waals surface area contributed by atoms with Crippen molar-refractivity contribution in [1.82, 2.24) is 4.90 Å². The van der Waals surface area contributed by atoms with Gasteiger partial charge in [0, 0.05) is 14.1 Å². The first-order chi connectivity index (χ1) is 9.09. The van der Waals surface area contributed by atoms with Gasteiger partial charge in [-0.1, -0.05) is 30.3 Å². The van der Waals surface area contributed by atoms with Crippen molar-refractivity contribution in [2.45, 2.75) is 6.42 Å². The van der Waals surface area contributed by atoms with Crippen LogP contribution in [0, 0.1) is 0 Å². The van der Waals surface area contributed by atoms with Gasteiger partial charge >= 0.3 is 0 Å². The Morgan fingerprint density at radius 2 is 1.95 bits per heavy atom. The molecule has 100 valence electrons. The van der Waals surface area contributed by atoms with Gasteiger partial charge in [0.25, 0.3) is 0 Å². The highest BCUT2D eigenvalue weighted by Gasteiger charge is 2.08. The normalized spacial score (nSPS) is 10.5. The second-order valence-corrected chi connectivity index (χ2v) is 5.28. The van der Waals surface area contributed by atoms with Crippen LogP contribution in [0.25, 0.3) is 10.8 Å². The highest BCUT2D eigenvalue weighted by Crippen LogP contribution is 2.33. The minimum absolute atomic E-state index is 0.0666. The van der Waals surface area contributed by atoms with E-state index in [4.69, 9.17) is 4.74 Å². The molecular formula is C15H16BrNO2. The van der Waals surface area contributed by atoms with E-state index in [0.29, 0.717) is 13.0 Å². The minimum atomic E-state index is 0.0666. The summed E-state index contributed by atoms with van der Waals surface area (Å²) >= 11 is 3.56. The van der Waals surface area contributed by atoms with E-state index in [1.165, 1.54) is 0 Å². The molecule has 1 amide bonds. The van der Waals surface area contributed by atoms with E-state index in [-0.39, 0.29) is 5.91 Å². The highest BCUT2D eigenvalue weighted by atomic mass is 79.9. The zero-order valence-corrected chi connectivity index (χ0v) is 12.6. The molecule has 0 heterocycles. The Labute approximate surface area is 121 Å². The van der Waals surface area contributed by atoms with Crippen molar-refractivity contribution >= 4 is 32.6 Å². The number of nitrogens with zero attached hydrogens (tertiary/aromatic N) is 1. The lowest BCUT2D eigenvalue weighted by Crippen LogP contribution is -2.23. The number of hydrogen-bond donors (Lipinski definition) is 0. The Bertz CT molecular complexity index is 596. The summed E-state index contributed by atoms with van der Waals surface area (Å²) in [5.41, 5.74) is 0. The molecule has 0 aliphatic carbocycles. The third-order valence-corrected chi connectivity index (χ3v) is 3.72. The van der Waals surface area contributed by atoms with Crippen molar-refractivity contribution in [2.24, 2.45) is 0 Å². The molecule has 0 atom stereocenters. The molecule has 0 aliphatic heterocycles. The third-order valence-electron chi connectivity index (χ3n) is 2.90. The second kappa shape index (κ2) is 6.06. The quantitative estimate of drug-likeness (QED) is 0.863. The maximum Gasteiger partial charge on any atom is 0.225 e. The molecule has 0 fully saturated rings. The van der Waals surface area contributed by atoms with Gasteiger partial charge in [-0.15, -0.1) is 0 Å². The lowest BCUT2D eigenvalue weighted by atomic mass is 10.1. The first-order valence-electron chi connectivity index (χ1n) is 6.10. The number of carbonyl (C=O) groups excluding carboxylic acids is 1. The van der Waals surface area contributed by atoms with Gasteiger partial charge in [-0.25, -0.2) is 0 Å². The maximum absolute atomic E-state index is 11.5. The van der Waals surface area contributed by atoms with Crippen molar-refractivity contribution < 1.29 is 9.53 Å². The number of ether oxygens (including phenoxy) is 1. The van der Waals surface area contributed by atoms with E-state index in [1.54, 1.807) is 19.0 Å². The van der Waals surface area contributed by atoms with Gasteiger partial charge in [-0.3, -0.25) is 4.79 Å². The Kier molecular flexibility index (Phi) is 4.43. The highest BCUT2D eigenvalue weighted by molar-refractivity contribution is 9.10. The molecule has 0 N–H and O–H groups in total. The first kappa shape index (κ1) is 13.9. The number of benzene rings is 2. The van der Waals surface area contributed by atoms with Crippen LogP contribution in [0.3, 0.4) is 0 Å².